The molecule has 0 radical (unpaired) electrons. The van der Waals surface area contributed by atoms with Crippen LogP contribution in [0.1, 0.15) is 61.9 Å². The summed E-state index contributed by atoms with van der Waals surface area (Å²) in [5.74, 6) is 1.87. The molecule has 5 nitrogen and oxygen atoms in total. The number of nitrogens with one attached hydrogen (secondary N) is 1. The number of carbonyl (C=O) groups excluding carboxylic acids is 1. The quantitative estimate of drug-likeness (QED) is 0.460. The van der Waals surface area contributed by atoms with Crippen molar-refractivity contribution in [2.45, 2.75) is 52.5 Å². The molecule has 0 saturated heterocycles. The van der Waals surface area contributed by atoms with Gasteiger partial charge in [-0.05, 0) is 42.7 Å². The Bertz CT molecular complexity index is 760. The van der Waals surface area contributed by atoms with Crippen molar-refractivity contribution in [2.75, 3.05) is 20.3 Å². The predicted molar refractivity (Wildman–Crippen MR) is 116 cm³/mol. The Morgan fingerprint density at radius 1 is 0.862 bits per heavy atom. The molecule has 0 spiro atoms. The molecule has 0 aliphatic carbocycles. The Morgan fingerprint density at radius 2 is 1.59 bits per heavy atom. The van der Waals surface area contributed by atoms with Gasteiger partial charge in [-0.1, -0.05) is 51.3 Å². The molecule has 29 heavy (non-hydrogen) atoms. The average molecular weight is 400 g/mol. The van der Waals surface area contributed by atoms with Crippen molar-refractivity contribution in [1.82, 2.24) is 5.32 Å². The van der Waals surface area contributed by atoms with Crippen molar-refractivity contribution in [2.24, 2.45) is 0 Å². The van der Waals surface area contributed by atoms with Crippen LogP contribution in [0.5, 0.6) is 17.2 Å². The summed E-state index contributed by atoms with van der Waals surface area (Å²) in [4.78, 5) is 12.7. The van der Waals surface area contributed by atoms with E-state index >= 15 is 0 Å². The third kappa shape index (κ3) is 7.33. The number of rotatable bonds is 13. The van der Waals surface area contributed by atoms with E-state index in [1.807, 2.05) is 36.4 Å². The number of para-hydroxylation sites is 1. The minimum absolute atomic E-state index is 0.154. The standard InChI is InChI=1S/C24H33NO4/c1-4-6-10-16-28-21-12-9-8-11-20(21)24(26)25-18-19-13-14-22(23(17-19)27-3)29-15-7-5-2/h8-9,11-14,17H,4-7,10,15-16,18H2,1-3H3,(H,25,26). The molecule has 0 aliphatic rings. The number of hydrogen-bond donors (Lipinski definition) is 1. The molecule has 0 unspecified atom stereocenters. The normalized spacial score (nSPS) is 10.4. The first-order valence-corrected chi connectivity index (χ1v) is 10.5. The molecule has 0 bridgehead atoms. The van der Waals surface area contributed by atoms with Crippen LogP contribution >= 0.6 is 0 Å². The molecule has 2 aromatic carbocycles. The lowest BCUT2D eigenvalue weighted by atomic mass is 10.1. The van der Waals surface area contributed by atoms with Gasteiger partial charge in [-0.3, -0.25) is 4.79 Å². The average Bonchev–Trinajstić information content (AvgIpc) is 2.76. The first-order chi connectivity index (χ1) is 14.2. The topological polar surface area (TPSA) is 56.8 Å². The molecule has 5 heteroatoms. The number of hydrogen-bond acceptors (Lipinski definition) is 4. The third-order valence-corrected chi connectivity index (χ3v) is 4.57. The predicted octanol–water partition coefficient (Wildman–Crippen LogP) is 5.37. The van der Waals surface area contributed by atoms with E-state index in [0.717, 1.165) is 43.4 Å². The van der Waals surface area contributed by atoms with Crippen molar-refractivity contribution in [3.05, 3.63) is 53.6 Å². The molecule has 0 heterocycles. The highest BCUT2D eigenvalue weighted by atomic mass is 16.5. The van der Waals surface area contributed by atoms with Crippen LogP contribution in [0.3, 0.4) is 0 Å². The van der Waals surface area contributed by atoms with Gasteiger partial charge in [-0.15, -0.1) is 0 Å². The van der Waals surface area contributed by atoms with Gasteiger partial charge in [-0.25, -0.2) is 0 Å². The molecular weight excluding hydrogens is 366 g/mol. The summed E-state index contributed by atoms with van der Waals surface area (Å²) < 4.78 is 17.0. The Morgan fingerprint density at radius 3 is 2.34 bits per heavy atom. The molecule has 0 aliphatic heterocycles. The first-order valence-electron chi connectivity index (χ1n) is 10.5. The number of benzene rings is 2. The van der Waals surface area contributed by atoms with Crippen LogP contribution in [0, 0.1) is 0 Å². The van der Waals surface area contributed by atoms with Crippen molar-refractivity contribution in [3.63, 3.8) is 0 Å². The molecule has 2 rings (SSSR count). The third-order valence-electron chi connectivity index (χ3n) is 4.57. The van der Waals surface area contributed by atoms with Gasteiger partial charge in [0, 0.05) is 6.54 Å². The lowest BCUT2D eigenvalue weighted by Gasteiger charge is -2.14. The van der Waals surface area contributed by atoms with Crippen molar-refractivity contribution in [3.8, 4) is 17.2 Å². The highest BCUT2D eigenvalue weighted by Crippen LogP contribution is 2.28. The van der Waals surface area contributed by atoms with Gasteiger partial charge < -0.3 is 19.5 Å². The molecule has 1 N–H and O–H groups in total. The fourth-order valence-electron chi connectivity index (χ4n) is 2.86. The minimum atomic E-state index is -0.154. The van der Waals surface area contributed by atoms with Crippen LogP contribution in [0.2, 0.25) is 0 Å². The maximum absolute atomic E-state index is 12.7. The number of methoxy groups -OCH3 is 1. The summed E-state index contributed by atoms with van der Waals surface area (Å²) in [5, 5.41) is 2.96. The zero-order valence-electron chi connectivity index (χ0n) is 17.8. The number of unbranched alkanes of at least 4 members (excludes halogenated alkanes) is 3. The van der Waals surface area contributed by atoms with E-state index < -0.39 is 0 Å². The molecular formula is C24H33NO4. The van der Waals surface area contributed by atoms with Crippen molar-refractivity contribution in [1.29, 1.82) is 0 Å². The smallest absolute Gasteiger partial charge is 0.255 e. The Hall–Kier alpha value is -2.69. The van der Waals surface area contributed by atoms with Crippen molar-refractivity contribution < 1.29 is 19.0 Å². The summed E-state index contributed by atoms with van der Waals surface area (Å²) in [6.45, 7) is 5.96. The van der Waals surface area contributed by atoms with Crippen LogP contribution in [0.25, 0.3) is 0 Å². The molecule has 158 valence electrons. The molecule has 0 saturated carbocycles. The summed E-state index contributed by atoms with van der Waals surface area (Å²) in [5.41, 5.74) is 1.50. The fraction of sp³-hybridized carbons (Fsp3) is 0.458. The SMILES string of the molecule is CCCCCOc1ccccc1C(=O)NCc1ccc(OCCCC)c(OC)c1. The second-order valence-corrected chi connectivity index (χ2v) is 6.92. The van der Waals surface area contributed by atoms with Gasteiger partial charge in [0.25, 0.3) is 5.91 Å². The summed E-state index contributed by atoms with van der Waals surface area (Å²) >= 11 is 0. The highest BCUT2D eigenvalue weighted by molar-refractivity contribution is 5.96. The highest BCUT2D eigenvalue weighted by Gasteiger charge is 2.13. The van der Waals surface area contributed by atoms with E-state index in [2.05, 4.69) is 19.2 Å². The summed E-state index contributed by atoms with van der Waals surface area (Å²) in [7, 11) is 1.62. The lowest BCUT2D eigenvalue weighted by molar-refractivity contribution is 0.0946. The molecule has 0 fully saturated rings. The van der Waals surface area contributed by atoms with Crippen LogP contribution in [-0.4, -0.2) is 26.2 Å². The number of amides is 1. The molecule has 1 amide bonds. The van der Waals surface area contributed by atoms with Crippen molar-refractivity contribution >= 4 is 5.91 Å². The van der Waals surface area contributed by atoms with Gasteiger partial charge in [-0.2, -0.15) is 0 Å². The van der Waals surface area contributed by atoms with Crippen LogP contribution in [0.15, 0.2) is 42.5 Å². The second kappa shape index (κ2) is 12.7. The Kier molecular flexibility index (Phi) is 9.90. The van der Waals surface area contributed by atoms with Gasteiger partial charge in [0.05, 0.1) is 25.9 Å². The summed E-state index contributed by atoms with van der Waals surface area (Å²) in [6, 6.07) is 13.1. The maximum atomic E-state index is 12.7. The summed E-state index contributed by atoms with van der Waals surface area (Å²) in [6.07, 6.45) is 5.32. The van der Waals surface area contributed by atoms with E-state index in [-0.39, 0.29) is 5.91 Å². The van der Waals surface area contributed by atoms with E-state index in [1.165, 1.54) is 0 Å². The molecule has 2 aromatic rings. The maximum Gasteiger partial charge on any atom is 0.255 e. The van der Waals surface area contributed by atoms with Crippen LogP contribution in [-0.2, 0) is 6.54 Å². The van der Waals surface area contributed by atoms with E-state index in [0.29, 0.717) is 36.8 Å². The lowest BCUT2D eigenvalue weighted by Crippen LogP contribution is -2.23. The number of ether oxygens (including phenoxy) is 3. The molecule has 0 aromatic heterocycles. The van der Waals surface area contributed by atoms with Crippen LogP contribution < -0.4 is 19.5 Å². The fourth-order valence-corrected chi connectivity index (χ4v) is 2.86. The number of carbonyl (C=O) groups is 1. The minimum Gasteiger partial charge on any atom is -0.493 e. The van der Waals surface area contributed by atoms with Gasteiger partial charge >= 0.3 is 0 Å². The van der Waals surface area contributed by atoms with Gasteiger partial charge in [0.1, 0.15) is 5.75 Å². The van der Waals surface area contributed by atoms with Crippen LogP contribution in [0.4, 0.5) is 0 Å². The first kappa shape index (κ1) is 22.6. The zero-order chi connectivity index (χ0) is 20.9. The van der Waals surface area contributed by atoms with E-state index in [4.69, 9.17) is 14.2 Å². The van der Waals surface area contributed by atoms with Gasteiger partial charge in [0.2, 0.25) is 0 Å². The zero-order valence-corrected chi connectivity index (χ0v) is 17.8. The largest absolute Gasteiger partial charge is 0.493 e. The Labute approximate surface area is 174 Å². The monoisotopic (exact) mass is 399 g/mol. The Balaban J connectivity index is 1.96. The second-order valence-electron chi connectivity index (χ2n) is 6.92. The van der Waals surface area contributed by atoms with E-state index in [1.54, 1.807) is 13.2 Å². The van der Waals surface area contributed by atoms with E-state index in [9.17, 15) is 4.79 Å². The molecule has 0 atom stereocenters. The van der Waals surface area contributed by atoms with Gasteiger partial charge in [0.15, 0.2) is 11.5 Å².